The highest BCUT2D eigenvalue weighted by Gasteiger charge is 2.22. The van der Waals surface area contributed by atoms with Gasteiger partial charge in [-0.25, -0.2) is 0 Å². The van der Waals surface area contributed by atoms with Crippen LogP contribution >= 0.6 is 0 Å². The Morgan fingerprint density at radius 3 is 2.91 bits per heavy atom. The molecule has 0 aromatic rings. The fourth-order valence-corrected chi connectivity index (χ4v) is 1.67. The molecule has 1 atom stereocenters. The summed E-state index contributed by atoms with van der Waals surface area (Å²) in [5, 5.41) is 9.28. The van der Waals surface area contributed by atoms with E-state index in [2.05, 4.69) is 19.9 Å². The molecule has 1 aliphatic rings. The minimum atomic E-state index is 0.202. The second kappa shape index (κ2) is 3.12. The Morgan fingerprint density at radius 2 is 2.36 bits per heavy atom. The lowest BCUT2D eigenvalue weighted by Crippen LogP contribution is -2.15. The summed E-state index contributed by atoms with van der Waals surface area (Å²) in [5.41, 5.74) is 0.202. The topological polar surface area (TPSA) is 20.2 Å². The first kappa shape index (κ1) is 8.38. The third kappa shape index (κ3) is 2.11. The zero-order chi connectivity index (χ0) is 8.32. The lowest BCUT2D eigenvalue weighted by molar-refractivity contribution is 0.291. The van der Waals surface area contributed by atoms with Crippen molar-refractivity contribution < 1.29 is 5.11 Å². The summed E-state index contributed by atoms with van der Waals surface area (Å²) in [6, 6.07) is 0. The minimum Gasteiger partial charge on any atom is -0.512 e. The molecule has 0 saturated carbocycles. The van der Waals surface area contributed by atoms with Crippen LogP contribution in [0.2, 0.25) is 0 Å². The van der Waals surface area contributed by atoms with E-state index in [1.54, 1.807) is 6.08 Å². The van der Waals surface area contributed by atoms with E-state index in [9.17, 15) is 5.11 Å². The minimum absolute atomic E-state index is 0.202. The summed E-state index contributed by atoms with van der Waals surface area (Å²) in [6.07, 6.45) is 9.05. The second-order valence-corrected chi connectivity index (χ2v) is 3.60. The first-order chi connectivity index (χ1) is 5.16. The molecule has 0 saturated heterocycles. The average Bonchev–Trinajstić information content (AvgIpc) is 1.86. The molecule has 62 valence electrons. The highest BCUT2D eigenvalue weighted by Crippen LogP contribution is 2.34. The van der Waals surface area contributed by atoms with Gasteiger partial charge in [-0.1, -0.05) is 32.4 Å². The van der Waals surface area contributed by atoms with Gasteiger partial charge in [0.25, 0.3) is 0 Å². The van der Waals surface area contributed by atoms with E-state index in [-0.39, 0.29) is 5.41 Å². The van der Waals surface area contributed by atoms with Crippen molar-refractivity contribution in [1.82, 2.24) is 0 Å². The molecule has 1 rings (SSSR count). The van der Waals surface area contributed by atoms with Crippen LogP contribution in [0.3, 0.4) is 0 Å². The Balaban J connectivity index is 2.62. The van der Waals surface area contributed by atoms with E-state index >= 15 is 0 Å². The fourth-order valence-electron chi connectivity index (χ4n) is 1.67. The smallest absolute Gasteiger partial charge is 0.0931 e. The first-order valence-electron chi connectivity index (χ1n) is 4.24. The second-order valence-electron chi connectivity index (χ2n) is 3.60. The summed E-state index contributed by atoms with van der Waals surface area (Å²) < 4.78 is 0. The molecule has 0 aliphatic heterocycles. The Bertz CT molecular complexity index is 191. The largest absolute Gasteiger partial charge is 0.512 e. The van der Waals surface area contributed by atoms with Crippen LogP contribution in [-0.2, 0) is 0 Å². The van der Waals surface area contributed by atoms with E-state index in [0.29, 0.717) is 5.76 Å². The summed E-state index contributed by atoms with van der Waals surface area (Å²) in [4.78, 5) is 0. The highest BCUT2D eigenvalue weighted by molar-refractivity contribution is 5.18. The molecule has 0 radical (unpaired) electrons. The van der Waals surface area contributed by atoms with E-state index in [4.69, 9.17) is 0 Å². The lowest BCUT2D eigenvalue weighted by atomic mass is 9.79. The van der Waals surface area contributed by atoms with Gasteiger partial charge in [0.1, 0.15) is 0 Å². The monoisotopic (exact) mass is 152 g/mol. The van der Waals surface area contributed by atoms with Crippen molar-refractivity contribution in [2.75, 3.05) is 0 Å². The zero-order valence-electron chi connectivity index (χ0n) is 7.30. The molecule has 0 fully saturated rings. The predicted octanol–water partition coefficient (Wildman–Crippen LogP) is 3.19. The summed E-state index contributed by atoms with van der Waals surface area (Å²) in [7, 11) is 0. The number of hydrogen-bond acceptors (Lipinski definition) is 1. The maximum absolute atomic E-state index is 9.28. The number of aliphatic hydroxyl groups is 1. The molecule has 1 nitrogen and oxygen atoms in total. The summed E-state index contributed by atoms with van der Waals surface area (Å²) in [6.45, 7) is 4.37. The van der Waals surface area contributed by atoms with Crippen LogP contribution in [0.15, 0.2) is 24.0 Å². The van der Waals surface area contributed by atoms with Crippen molar-refractivity contribution in [2.24, 2.45) is 5.41 Å². The van der Waals surface area contributed by atoms with Crippen molar-refractivity contribution in [3.05, 3.63) is 24.0 Å². The van der Waals surface area contributed by atoms with Gasteiger partial charge in [0.15, 0.2) is 0 Å². The molecule has 0 bridgehead atoms. The van der Waals surface area contributed by atoms with E-state index in [1.807, 2.05) is 6.08 Å². The lowest BCUT2D eigenvalue weighted by Gasteiger charge is -2.27. The fraction of sp³-hybridized carbons (Fsp3) is 0.600. The van der Waals surface area contributed by atoms with Crippen molar-refractivity contribution in [3.63, 3.8) is 0 Å². The van der Waals surface area contributed by atoms with Crippen LogP contribution < -0.4 is 0 Å². The third-order valence-corrected chi connectivity index (χ3v) is 2.19. The van der Waals surface area contributed by atoms with Gasteiger partial charge < -0.3 is 5.11 Å². The van der Waals surface area contributed by atoms with Crippen LogP contribution in [0.4, 0.5) is 0 Å². The number of aliphatic hydroxyl groups excluding tert-OH is 1. The van der Waals surface area contributed by atoms with Gasteiger partial charge in [-0.3, -0.25) is 0 Å². The maximum atomic E-state index is 9.28. The van der Waals surface area contributed by atoms with E-state index in [1.165, 1.54) is 6.42 Å². The molecule has 1 aliphatic carbocycles. The molecule has 11 heavy (non-hydrogen) atoms. The maximum Gasteiger partial charge on any atom is 0.0931 e. The molecule has 1 heteroatoms. The van der Waals surface area contributed by atoms with E-state index < -0.39 is 0 Å². The SMILES string of the molecule is CCCC1(C)C=CC=C(O)C1. The van der Waals surface area contributed by atoms with Crippen molar-refractivity contribution in [3.8, 4) is 0 Å². The normalized spacial score (nSPS) is 30.2. The van der Waals surface area contributed by atoms with E-state index in [0.717, 1.165) is 12.8 Å². The first-order valence-corrected chi connectivity index (χ1v) is 4.24. The summed E-state index contributed by atoms with van der Waals surface area (Å²) >= 11 is 0. The number of allylic oxidation sites excluding steroid dienone is 4. The molecule has 0 spiro atoms. The van der Waals surface area contributed by atoms with Crippen LogP contribution in [0, 0.1) is 5.41 Å². The van der Waals surface area contributed by atoms with Gasteiger partial charge in [-0.2, -0.15) is 0 Å². The quantitative estimate of drug-likeness (QED) is 0.644. The molecule has 1 unspecified atom stereocenters. The molecule has 0 heterocycles. The summed E-state index contributed by atoms with van der Waals surface area (Å²) in [5.74, 6) is 0.517. The molecule has 0 aromatic carbocycles. The van der Waals surface area contributed by atoms with Crippen LogP contribution in [0.5, 0.6) is 0 Å². The Hall–Kier alpha value is -0.720. The number of rotatable bonds is 2. The highest BCUT2D eigenvalue weighted by atomic mass is 16.3. The third-order valence-electron chi connectivity index (χ3n) is 2.19. The number of hydrogen-bond donors (Lipinski definition) is 1. The molecule has 1 N–H and O–H groups in total. The Kier molecular flexibility index (Phi) is 2.38. The van der Waals surface area contributed by atoms with Crippen molar-refractivity contribution in [2.45, 2.75) is 33.1 Å². The Morgan fingerprint density at radius 1 is 1.64 bits per heavy atom. The van der Waals surface area contributed by atoms with Crippen LogP contribution in [-0.4, -0.2) is 5.11 Å². The van der Waals surface area contributed by atoms with Gasteiger partial charge in [-0.05, 0) is 17.9 Å². The van der Waals surface area contributed by atoms with Gasteiger partial charge >= 0.3 is 0 Å². The zero-order valence-corrected chi connectivity index (χ0v) is 7.30. The van der Waals surface area contributed by atoms with Crippen molar-refractivity contribution in [1.29, 1.82) is 0 Å². The predicted molar refractivity (Wildman–Crippen MR) is 47.5 cm³/mol. The van der Waals surface area contributed by atoms with Crippen LogP contribution in [0.1, 0.15) is 33.1 Å². The van der Waals surface area contributed by atoms with Gasteiger partial charge in [0, 0.05) is 6.42 Å². The molecular weight excluding hydrogens is 136 g/mol. The molecule has 0 aromatic heterocycles. The Labute approximate surface area is 68.4 Å². The van der Waals surface area contributed by atoms with Crippen molar-refractivity contribution >= 4 is 0 Å². The van der Waals surface area contributed by atoms with Gasteiger partial charge in [-0.15, -0.1) is 0 Å². The standard InChI is InChI=1S/C10H16O/c1-3-6-10(2)7-4-5-9(11)8-10/h4-5,7,11H,3,6,8H2,1-2H3. The molecule has 0 amide bonds. The van der Waals surface area contributed by atoms with Gasteiger partial charge in [0.2, 0.25) is 0 Å². The molecular formula is C10H16O. The van der Waals surface area contributed by atoms with Gasteiger partial charge in [0.05, 0.1) is 5.76 Å². The average molecular weight is 152 g/mol. The van der Waals surface area contributed by atoms with Crippen LogP contribution in [0.25, 0.3) is 0 Å².